The minimum atomic E-state index is -0.292. The van der Waals surface area contributed by atoms with Gasteiger partial charge in [0.15, 0.2) is 11.4 Å². The molecule has 0 fully saturated rings. The van der Waals surface area contributed by atoms with Crippen LogP contribution in [0.3, 0.4) is 0 Å². The van der Waals surface area contributed by atoms with Crippen molar-refractivity contribution in [2.24, 2.45) is 0 Å². The van der Waals surface area contributed by atoms with Gasteiger partial charge in [-0.25, -0.2) is 9.97 Å². The Morgan fingerprint density at radius 3 is 2.55 bits per heavy atom. The number of imidazole rings is 1. The van der Waals surface area contributed by atoms with E-state index in [4.69, 9.17) is 26.3 Å². The lowest BCUT2D eigenvalue weighted by Gasteiger charge is -2.08. The third kappa shape index (κ3) is 3.33. The minimum Gasteiger partial charge on any atom is -0.424 e. The van der Waals surface area contributed by atoms with E-state index in [1.54, 1.807) is 6.92 Å². The molecule has 0 unspecified atom stereocenters. The van der Waals surface area contributed by atoms with Crippen LogP contribution in [0.25, 0.3) is 27.7 Å². The van der Waals surface area contributed by atoms with Gasteiger partial charge in [0, 0.05) is 30.6 Å². The topological polar surface area (TPSA) is 61.4 Å². The quantitative estimate of drug-likeness (QED) is 0.348. The Kier molecular flexibility index (Phi) is 4.87. The van der Waals surface area contributed by atoms with Crippen molar-refractivity contribution >= 4 is 45.3 Å². The second-order valence-electron chi connectivity index (χ2n) is 7.42. The van der Waals surface area contributed by atoms with Crippen LogP contribution in [0.15, 0.2) is 54.7 Å². The van der Waals surface area contributed by atoms with E-state index in [9.17, 15) is 4.79 Å². The summed E-state index contributed by atoms with van der Waals surface area (Å²) in [7, 11) is 0. The molecule has 0 aliphatic rings. The maximum absolute atomic E-state index is 12.2. The molecule has 5 aromatic rings. The van der Waals surface area contributed by atoms with Crippen LogP contribution in [-0.4, -0.2) is 24.9 Å². The van der Waals surface area contributed by atoms with E-state index >= 15 is 0 Å². The summed E-state index contributed by atoms with van der Waals surface area (Å²) in [4.78, 5) is 22.0. The van der Waals surface area contributed by atoms with Crippen LogP contribution < -0.4 is 4.74 Å². The summed E-state index contributed by atoms with van der Waals surface area (Å²) in [5, 5.41) is 1.43. The van der Waals surface area contributed by atoms with Crippen molar-refractivity contribution < 1.29 is 9.53 Å². The van der Waals surface area contributed by atoms with Crippen LogP contribution in [0.2, 0.25) is 5.02 Å². The number of esters is 1. The number of fused-ring (bicyclic) bond motifs is 5. The smallest absolute Gasteiger partial charge is 0.310 e. The number of hydrogen-bond acceptors (Lipinski definition) is 4. The van der Waals surface area contributed by atoms with Gasteiger partial charge in [-0.05, 0) is 29.8 Å². The van der Waals surface area contributed by atoms with Crippen molar-refractivity contribution in [1.82, 2.24) is 18.9 Å². The Bertz CT molecular complexity index is 1430. The van der Waals surface area contributed by atoms with Gasteiger partial charge >= 0.3 is 5.97 Å². The molecule has 0 saturated heterocycles. The van der Waals surface area contributed by atoms with Crippen LogP contribution in [0.1, 0.15) is 31.7 Å². The Morgan fingerprint density at radius 2 is 1.81 bits per heavy atom. The number of aryl methyl sites for hydroxylation is 1. The van der Waals surface area contributed by atoms with Crippen molar-refractivity contribution in [1.29, 1.82) is 0 Å². The summed E-state index contributed by atoms with van der Waals surface area (Å²) in [5.74, 6) is 1.09. The highest BCUT2D eigenvalue weighted by Gasteiger charge is 2.21. The SMILES string of the molecule is CCC(=O)Oc1cn(Cc2ccc(Cl)cc2)c2nc(CC)n3c4ccccc4nc3c12. The first-order valence-corrected chi connectivity index (χ1v) is 10.7. The molecule has 0 atom stereocenters. The molecular weight excluding hydrogens is 412 g/mol. The zero-order valence-corrected chi connectivity index (χ0v) is 18.1. The Balaban J connectivity index is 1.81. The first-order chi connectivity index (χ1) is 15.1. The number of para-hydroxylation sites is 2. The van der Waals surface area contributed by atoms with Crippen LogP contribution in [0, 0.1) is 0 Å². The average Bonchev–Trinajstić information content (AvgIpc) is 3.33. The third-order valence-electron chi connectivity index (χ3n) is 5.39. The number of hydrogen-bond donors (Lipinski definition) is 0. The Labute approximate surface area is 184 Å². The Morgan fingerprint density at radius 1 is 1.03 bits per heavy atom. The van der Waals surface area contributed by atoms with Gasteiger partial charge in [-0.2, -0.15) is 0 Å². The summed E-state index contributed by atoms with van der Waals surface area (Å²) in [6.45, 7) is 4.43. The van der Waals surface area contributed by atoms with E-state index in [-0.39, 0.29) is 12.4 Å². The minimum absolute atomic E-state index is 0.289. The average molecular weight is 433 g/mol. The van der Waals surface area contributed by atoms with Gasteiger partial charge in [-0.3, -0.25) is 9.20 Å². The first-order valence-electron chi connectivity index (χ1n) is 10.3. The lowest BCUT2D eigenvalue weighted by Crippen LogP contribution is -2.06. The molecular formula is C24H21ClN4O2. The molecule has 7 heteroatoms. The fraction of sp³-hybridized carbons (Fsp3) is 0.208. The molecule has 0 aliphatic carbocycles. The van der Waals surface area contributed by atoms with Gasteiger partial charge in [0.05, 0.1) is 11.0 Å². The molecule has 0 N–H and O–H groups in total. The first kappa shape index (κ1) is 19.6. The molecule has 0 aliphatic heterocycles. The van der Waals surface area contributed by atoms with Gasteiger partial charge in [0.25, 0.3) is 0 Å². The molecule has 0 amide bonds. The van der Waals surface area contributed by atoms with Gasteiger partial charge in [-0.1, -0.05) is 49.7 Å². The highest BCUT2D eigenvalue weighted by atomic mass is 35.5. The third-order valence-corrected chi connectivity index (χ3v) is 5.64. The fourth-order valence-electron chi connectivity index (χ4n) is 3.89. The van der Waals surface area contributed by atoms with Crippen LogP contribution in [-0.2, 0) is 17.8 Å². The van der Waals surface area contributed by atoms with E-state index in [0.29, 0.717) is 17.3 Å². The number of carbonyl (C=O) groups is 1. The van der Waals surface area contributed by atoms with Gasteiger partial charge in [0.2, 0.25) is 0 Å². The number of carbonyl (C=O) groups excluding carboxylic acids is 1. The second kappa shape index (κ2) is 7.71. The van der Waals surface area contributed by atoms with E-state index in [1.165, 1.54) is 0 Å². The van der Waals surface area contributed by atoms with Gasteiger partial charge < -0.3 is 9.30 Å². The summed E-state index contributed by atoms with van der Waals surface area (Å²) in [6, 6.07) is 15.7. The van der Waals surface area contributed by atoms with Crippen LogP contribution >= 0.6 is 11.6 Å². The van der Waals surface area contributed by atoms with E-state index in [1.807, 2.05) is 59.3 Å². The highest BCUT2D eigenvalue weighted by Crippen LogP contribution is 2.34. The van der Waals surface area contributed by atoms with Gasteiger partial charge in [0.1, 0.15) is 16.9 Å². The maximum Gasteiger partial charge on any atom is 0.310 e. The Hall–Kier alpha value is -3.38. The van der Waals surface area contributed by atoms with Crippen molar-refractivity contribution in [3.8, 4) is 5.75 Å². The molecule has 31 heavy (non-hydrogen) atoms. The fourth-order valence-corrected chi connectivity index (χ4v) is 4.02. The number of ether oxygens (including phenoxy) is 1. The molecule has 2 aromatic carbocycles. The highest BCUT2D eigenvalue weighted by molar-refractivity contribution is 6.30. The summed E-state index contributed by atoms with van der Waals surface area (Å²) in [6.07, 6.45) is 2.87. The van der Waals surface area contributed by atoms with Crippen LogP contribution in [0.4, 0.5) is 0 Å². The normalized spacial score (nSPS) is 11.6. The van der Waals surface area contributed by atoms with Gasteiger partial charge in [-0.15, -0.1) is 0 Å². The number of nitrogens with zero attached hydrogens (tertiary/aromatic N) is 4. The zero-order chi connectivity index (χ0) is 21.5. The number of benzene rings is 2. The summed E-state index contributed by atoms with van der Waals surface area (Å²) < 4.78 is 9.79. The van der Waals surface area contributed by atoms with E-state index in [2.05, 4.69) is 11.3 Å². The lowest BCUT2D eigenvalue weighted by atomic mass is 10.2. The molecule has 156 valence electrons. The predicted octanol–water partition coefficient (Wildman–Crippen LogP) is 5.42. The predicted molar refractivity (Wildman–Crippen MR) is 122 cm³/mol. The summed E-state index contributed by atoms with van der Waals surface area (Å²) in [5.41, 5.74) is 4.43. The second-order valence-corrected chi connectivity index (χ2v) is 7.85. The van der Waals surface area contributed by atoms with Crippen molar-refractivity contribution in [2.75, 3.05) is 0 Å². The monoisotopic (exact) mass is 432 g/mol. The van der Waals surface area contributed by atoms with Crippen LogP contribution in [0.5, 0.6) is 5.75 Å². The van der Waals surface area contributed by atoms with E-state index < -0.39 is 0 Å². The van der Waals surface area contributed by atoms with E-state index in [0.717, 1.165) is 45.5 Å². The zero-order valence-electron chi connectivity index (χ0n) is 17.3. The number of halogens is 1. The molecule has 0 saturated carbocycles. The van der Waals surface area contributed by atoms with Crippen molar-refractivity contribution in [2.45, 2.75) is 33.2 Å². The van der Waals surface area contributed by atoms with Crippen molar-refractivity contribution in [3.63, 3.8) is 0 Å². The molecule has 3 heterocycles. The number of aromatic nitrogens is 4. The standard InChI is InChI=1S/C24H21ClN4O2/c1-3-20-27-23-22(24-26-17-7-5-6-8-18(17)29(20)24)19(31-21(30)4-2)14-28(23)13-15-9-11-16(25)12-10-15/h5-12,14H,3-4,13H2,1-2H3. The lowest BCUT2D eigenvalue weighted by molar-refractivity contribution is -0.133. The van der Waals surface area contributed by atoms with Crippen molar-refractivity contribution in [3.05, 3.63) is 71.1 Å². The number of rotatable bonds is 5. The molecule has 0 radical (unpaired) electrons. The largest absolute Gasteiger partial charge is 0.424 e. The molecule has 0 bridgehead atoms. The molecule has 0 spiro atoms. The summed E-state index contributed by atoms with van der Waals surface area (Å²) >= 11 is 6.04. The maximum atomic E-state index is 12.2. The molecule has 6 nitrogen and oxygen atoms in total. The molecule has 3 aromatic heterocycles. The molecule has 5 rings (SSSR count).